The topological polar surface area (TPSA) is 14.7 Å². The molecular weight excluding hydrogens is 1000 g/mol. The van der Waals surface area contributed by atoms with Crippen molar-refractivity contribution in [3.05, 3.63) is 319 Å². The smallest absolute Gasteiger partial charge is 0.0862 e. The second-order valence-electron chi connectivity index (χ2n) is 23.6. The normalized spacial score (nSPS) is 17.8. The summed E-state index contributed by atoms with van der Waals surface area (Å²) in [6.45, 7) is 4.91. The molecule has 0 fully saturated rings. The molecule has 1 aliphatic carbocycles. The Morgan fingerprint density at radius 1 is 0.265 bits per heavy atom. The van der Waals surface area contributed by atoms with Gasteiger partial charge in [0.25, 0.3) is 0 Å². The molecule has 0 saturated carbocycles. The Morgan fingerprint density at radius 2 is 0.675 bits per heavy atom. The number of hydrogen-bond donors (Lipinski definition) is 0. The van der Waals surface area contributed by atoms with Crippen LogP contribution in [0.1, 0.15) is 65.7 Å². The van der Waals surface area contributed by atoms with Crippen LogP contribution in [0.15, 0.2) is 291 Å². The van der Waals surface area contributed by atoms with Gasteiger partial charge in [-0.2, -0.15) is 0 Å². The number of para-hydroxylation sites is 5. The van der Waals surface area contributed by atoms with Crippen molar-refractivity contribution in [3.63, 3.8) is 0 Å². The van der Waals surface area contributed by atoms with E-state index in [1.165, 1.54) is 128 Å². The number of hydrogen-bond acceptors (Lipinski definition) is 3. The molecule has 0 bridgehead atoms. The van der Waals surface area contributed by atoms with Crippen LogP contribution in [-0.4, -0.2) is 4.57 Å². The maximum absolute atomic E-state index is 2.65. The van der Waals surface area contributed by atoms with Crippen molar-refractivity contribution in [2.45, 2.75) is 43.3 Å². The first kappa shape index (κ1) is 47.6. The minimum Gasteiger partial charge on any atom is -0.333 e. The summed E-state index contributed by atoms with van der Waals surface area (Å²) in [5.74, 6) is 0.325. The maximum Gasteiger partial charge on any atom is 0.0862 e. The van der Waals surface area contributed by atoms with Gasteiger partial charge in [0, 0.05) is 67.6 Å². The second-order valence-corrected chi connectivity index (χ2v) is 23.6. The quantitative estimate of drug-likeness (QED) is 0.151. The molecule has 4 atom stereocenters. The summed E-state index contributed by atoms with van der Waals surface area (Å²) in [5, 5.41) is 2.47. The lowest BCUT2D eigenvalue weighted by Gasteiger charge is -2.30. The van der Waals surface area contributed by atoms with Gasteiger partial charge < -0.3 is 19.3 Å². The van der Waals surface area contributed by atoms with Crippen molar-refractivity contribution >= 4 is 55.9 Å². The van der Waals surface area contributed by atoms with Crippen LogP contribution >= 0.6 is 0 Å². The lowest BCUT2D eigenvalue weighted by molar-refractivity contribution is 0.420. The average molecular weight is 1060 g/mol. The molecule has 0 N–H and O–H groups in total. The van der Waals surface area contributed by atoms with E-state index in [0.717, 1.165) is 5.69 Å². The van der Waals surface area contributed by atoms with Gasteiger partial charge in [0.1, 0.15) is 0 Å². The molecular formula is C79H58N4. The number of anilines is 6. The summed E-state index contributed by atoms with van der Waals surface area (Å²) in [5.41, 5.74) is 27.5. The number of benzene rings is 12. The largest absolute Gasteiger partial charge is 0.333 e. The van der Waals surface area contributed by atoms with Crippen molar-refractivity contribution in [1.82, 2.24) is 4.57 Å². The Balaban J connectivity index is 0.831. The highest BCUT2D eigenvalue weighted by Crippen LogP contribution is 2.66. The van der Waals surface area contributed by atoms with Gasteiger partial charge in [-0.15, -0.1) is 0 Å². The second kappa shape index (κ2) is 18.4. The zero-order chi connectivity index (χ0) is 54.9. The first-order valence-electron chi connectivity index (χ1n) is 29.3. The summed E-state index contributed by atoms with van der Waals surface area (Å²) in [4.78, 5) is 7.86. The molecule has 394 valence electrons. The SMILES string of the molecule is CC1(C)c2ccc(-c3ccc4c(c3)c3cc(-c5ccc6c(c5)C5C(c7ccccc7N5c5ccccc5)N6c5cc(-c6ccccc6)cc(-c6ccccc6)c5)ccc3n4-c3ccccc3)cc2C2C1c1ccccc1N2c1ccccc1. The molecule has 0 amide bonds. The fourth-order valence-corrected chi connectivity index (χ4v) is 15.3. The molecule has 0 saturated heterocycles. The molecule has 83 heavy (non-hydrogen) atoms. The number of fused-ring (bicyclic) bond motifs is 13. The Labute approximate surface area is 485 Å². The Bertz CT molecular complexity index is 4620. The van der Waals surface area contributed by atoms with Crippen LogP contribution in [0.25, 0.3) is 72.0 Å². The third kappa shape index (κ3) is 7.25. The molecule has 3 aliphatic heterocycles. The van der Waals surface area contributed by atoms with Gasteiger partial charge in [-0.25, -0.2) is 0 Å². The van der Waals surface area contributed by atoms with Crippen molar-refractivity contribution in [1.29, 1.82) is 0 Å². The highest BCUT2D eigenvalue weighted by Gasteiger charge is 2.55. The summed E-state index contributed by atoms with van der Waals surface area (Å²) in [6.07, 6.45) is 0. The van der Waals surface area contributed by atoms with Crippen LogP contribution in [0, 0.1) is 0 Å². The van der Waals surface area contributed by atoms with Crippen molar-refractivity contribution < 1.29 is 0 Å². The van der Waals surface area contributed by atoms with Gasteiger partial charge in [0.15, 0.2) is 0 Å². The first-order valence-corrected chi connectivity index (χ1v) is 29.3. The molecule has 17 rings (SSSR count). The fraction of sp³-hybridized carbons (Fsp3) is 0.0886. The van der Waals surface area contributed by atoms with E-state index in [2.05, 4.69) is 324 Å². The summed E-state index contributed by atoms with van der Waals surface area (Å²) in [6, 6.07) is 109. The molecule has 1 aromatic heterocycles. The van der Waals surface area contributed by atoms with Crippen LogP contribution in [0.2, 0.25) is 0 Å². The number of aromatic nitrogens is 1. The van der Waals surface area contributed by atoms with Crippen LogP contribution in [-0.2, 0) is 5.41 Å². The maximum atomic E-state index is 2.65. The van der Waals surface area contributed by atoms with Crippen molar-refractivity contribution in [2.75, 3.05) is 14.7 Å². The highest BCUT2D eigenvalue weighted by atomic mass is 15.3. The molecule has 0 spiro atoms. The van der Waals surface area contributed by atoms with Crippen molar-refractivity contribution in [3.8, 4) is 50.2 Å². The molecule has 4 nitrogen and oxygen atoms in total. The highest BCUT2D eigenvalue weighted by molar-refractivity contribution is 6.12. The van der Waals surface area contributed by atoms with E-state index >= 15 is 0 Å². The molecule has 4 heteroatoms. The predicted molar refractivity (Wildman–Crippen MR) is 345 cm³/mol. The number of rotatable bonds is 8. The fourth-order valence-electron chi connectivity index (χ4n) is 15.3. The van der Waals surface area contributed by atoms with E-state index < -0.39 is 0 Å². The van der Waals surface area contributed by atoms with Crippen molar-refractivity contribution in [2.24, 2.45) is 0 Å². The zero-order valence-electron chi connectivity index (χ0n) is 46.3. The summed E-state index contributed by atoms with van der Waals surface area (Å²) >= 11 is 0. The van der Waals surface area contributed by atoms with E-state index in [0.29, 0.717) is 5.92 Å². The molecule has 12 aromatic carbocycles. The standard InChI is InChI=1S/C79H58N4/c1-79(2)69-40-36-53(49-67(69)76-75(79)63-32-18-20-34-70(63)81(76)60-28-14-6-15-29-60)54-37-41-72-65(47-54)66-48-55(38-42-73(66)80(72)59-26-12-5-13-27-59)56-39-43-74-68(50-56)78-77(64-33-19-21-35-71(64)82(78)61-30-16-7-17-31-61)83(74)62-45-57(51-22-8-3-9-23-51)44-58(46-62)52-24-10-4-11-25-52/h3-50,75-78H,1-2H3. The number of nitrogens with zero attached hydrogens (tertiary/aromatic N) is 4. The van der Waals surface area contributed by atoms with E-state index in [-0.39, 0.29) is 23.5 Å². The third-order valence-electron chi connectivity index (χ3n) is 18.9. The molecule has 0 radical (unpaired) electrons. The minimum absolute atomic E-state index is 0.00272. The van der Waals surface area contributed by atoms with Gasteiger partial charge in [0.05, 0.1) is 29.2 Å². The average Bonchev–Trinajstić information content (AvgIpc) is 1.72. The van der Waals surface area contributed by atoms with Crippen LogP contribution in [0.5, 0.6) is 0 Å². The molecule has 4 heterocycles. The Kier molecular flexibility index (Phi) is 10.6. The van der Waals surface area contributed by atoms with Gasteiger partial charge in [-0.3, -0.25) is 0 Å². The van der Waals surface area contributed by atoms with E-state index in [9.17, 15) is 0 Å². The van der Waals surface area contributed by atoms with E-state index in [1.54, 1.807) is 0 Å². The van der Waals surface area contributed by atoms with Crippen LogP contribution < -0.4 is 14.7 Å². The van der Waals surface area contributed by atoms with Gasteiger partial charge in [-0.1, -0.05) is 196 Å². The zero-order valence-corrected chi connectivity index (χ0v) is 46.3. The summed E-state index contributed by atoms with van der Waals surface area (Å²) in [7, 11) is 0. The Hall–Kier alpha value is -10.2. The minimum atomic E-state index is -0.0562. The summed E-state index contributed by atoms with van der Waals surface area (Å²) < 4.78 is 2.45. The van der Waals surface area contributed by atoms with Gasteiger partial charge >= 0.3 is 0 Å². The van der Waals surface area contributed by atoms with Gasteiger partial charge in [-0.05, 0) is 176 Å². The third-order valence-corrected chi connectivity index (χ3v) is 18.9. The monoisotopic (exact) mass is 1060 g/mol. The van der Waals surface area contributed by atoms with Crippen LogP contribution in [0.3, 0.4) is 0 Å². The lowest BCUT2D eigenvalue weighted by Crippen LogP contribution is -2.24. The van der Waals surface area contributed by atoms with E-state index in [1.807, 2.05) is 0 Å². The lowest BCUT2D eigenvalue weighted by atomic mass is 9.75. The van der Waals surface area contributed by atoms with Crippen LogP contribution in [0.4, 0.5) is 34.1 Å². The first-order chi connectivity index (χ1) is 40.9. The predicted octanol–water partition coefficient (Wildman–Crippen LogP) is 20.8. The molecule has 13 aromatic rings. The van der Waals surface area contributed by atoms with Gasteiger partial charge in [0.2, 0.25) is 0 Å². The molecule has 4 unspecified atom stereocenters. The Morgan fingerprint density at radius 3 is 1.25 bits per heavy atom. The molecule has 4 aliphatic rings. The van der Waals surface area contributed by atoms with E-state index in [4.69, 9.17) is 0 Å².